The van der Waals surface area contributed by atoms with E-state index in [1.807, 2.05) is 6.92 Å². The van der Waals surface area contributed by atoms with E-state index in [9.17, 15) is 27.5 Å². The number of aryl methyl sites for hydroxylation is 1. The zero-order valence-corrected chi connectivity index (χ0v) is 25.3. The lowest BCUT2D eigenvalue weighted by Gasteiger charge is -2.33. The van der Waals surface area contributed by atoms with Gasteiger partial charge in [-0.1, -0.05) is 25.1 Å². The number of amides is 1. The van der Waals surface area contributed by atoms with Gasteiger partial charge in [-0.2, -0.15) is 14.1 Å². The van der Waals surface area contributed by atoms with E-state index < -0.39 is 27.7 Å². The van der Waals surface area contributed by atoms with E-state index in [0.29, 0.717) is 24.3 Å². The summed E-state index contributed by atoms with van der Waals surface area (Å²) in [5.74, 6) is -2.31. The predicted molar refractivity (Wildman–Crippen MR) is 162 cm³/mol. The van der Waals surface area contributed by atoms with Crippen molar-refractivity contribution in [3.63, 3.8) is 0 Å². The molecule has 4 aromatic rings. The van der Waals surface area contributed by atoms with Crippen molar-refractivity contribution >= 4 is 27.6 Å². The van der Waals surface area contributed by atoms with E-state index >= 15 is 0 Å². The number of nitrogens with zero attached hydrogens (tertiary/aromatic N) is 4. The highest BCUT2D eigenvalue weighted by molar-refractivity contribution is 7.89. The van der Waals surface area contributed by atoms with Gasteiger partial charge in [0.05, 0.1) is 5.69 Å². The van der Waals surface area contributed by atoms with E-state index in [1.165, 1.54) is 52.3 Å². The number of aromatic carboxylic acids is 1. The molecule has 0 atom stereocenters. The first-order chi connectivity index (χ1) is 21.0. The molecular formula is C31H32FN5O6S. The van der Waals surface area contributed by atoms with E-state index in [-0.39, 0.29) is 52.1 Å². The Balaban J connectivity index is 1.58. The molecule has 5 rings (SSSR count). The number of nitrogens with one attached hydrogen (secondary N) is 1. The second-order valence-electron chi connectivity index (χ2n) is 10.4. The van der Waals surface area contributed by atoms with E-state index in [0.717, 1.165) is 6.54 Å². The lowest BCUT2D eigenvalue weighted by atomic mass is 10.1. The number of anilines is 1. The zero-order chi connectivity index (χ0) is 31.6. The number of benzene rings is 3. The molecule has 0 spiro atoms. The number of likely N-dealkylation sites (N-methyl/N-ethyl adjacent to an activating group) is 1. The predicted octanol–water partition coefficient (Wildman–Crippen LogP) is 4.70. The van der Waals surface area contributed by atoms with Crippen molar-refractivity contribution in [2.75, 3.05) is 38.0 Å². The average molecular weight is 622 g/mol. The summed E-state index contributed by atoms with van der Waals surface area (Å²) in [6.07, 6.45) is 0. The van der Waals surface area contributed by atoms with Gasteiger partial charge in [-0.25, -0.2) is 17.6 Å². The molecule has 1 aromatic heterocycles. The monoisotopic (exact) mass is 621 g/mol. The Bertz CT molecular complexity index is 1820. The Morgan fingerprint density at radius 3 is 2.34 bits per heavy atom. The van der Waals surface area contributed by atoms with Crippen LogP contribution in [0.4, 0.5) is 10.1 Å². The number of rotatable bonds is 9. The fourth-order valence-corrected chi connectivity index (χ4v) is 6.50. The van der Waals surface area contributed by atoms with Crippen molar-refractivity contribution in [1.29, 1.82) is 0 Å². The third-order valence-corrected chi connectivity index (χ3v) is 9.42. The third-order valence-electron chi connectivity index (χ3n) is 7.50. The summed E-state index contributed by atoms with van der Waals surface area (Å²) in [5, 5.41) is 16.7. The molecule has 1 fully saturated rings. The van der Waals surface area contributed by atoms with Crippen LogP contribution in [0.15, 0.2) is 71.6 Å². The lowest BCUT2D eigenvalue weighted by Crippen LogP contribution is -2.48. The number of carbonyl (C=O) groups excluding carboxylic acids is 1. The molecule has 230 valence electrons. The summed E-state index contributed by atoms with van der Waals surface area (Å²) in [6, 6.07) is 16.9. The highest BCUT2D eigenvalue weighted by atomic mass is 32.2. The van der Waals surface area contributed by atoms with Gasteiger partial charge in [0, 0.05) is 43.0 Å². The van der Waals surface area contributed by atoms with Crippen molar-refractivity contribution in [3.05, 3.63) is 94.9 Å². The molecule has 0 radical (unpaired) electrons. The second-order valence-corrected chi connectivity index (χ2v) is 12.3. The van der Waals surface area contributed by atoms with E-state index in [1.54, 1.807) is 37.3 Å². The summed E-state index contributed by atoms with van der Waals surface area (Å²) in [4.78, 5) is 26.9. The number of sulfonamides is 1. The van der Waals surface area contributed by atoms with Crippen LogP contribution in [0.1, 0.15) is 38.9 Å². The second kappa shape index (κ2) is 12.6. The molecule has 0 bridgehead atoms. The molecule has 0 unspecified atom stereocenters. The number of carbonyl (C=O) groups is 2. The summed E-state index contributed by atoms with van der Waals surface area (Å²) in [7, 11) is -4.14. The van der Waals surface area contributed by atoms with Gasteiger partial charge in [0.15, 0.2) is 5.69 Å². The topological polar surface area (TPSA) is 134 Å². The van der Waals surface area contributed by atoms with Crippen LogP contribution in [0.5, 0.6) is 11.6 Å². The number of piperazine rings is 1. The van der Waals surface area contributed by atoms with Gasteiger partial charge < -0.3 is 20.1 Å². The quantitative estimate of drug-likeness (QED) is 0.275. The van der Waals surface area contributed by atoms with Gasteiger partial charge in [0.25, 0.3) is 5.91 Å². The Morgan fingerprint density at radius 2 is 1.70 bits per heavy atom. The number of carboxylic acids is 1. The number of para-hydroxylation sites is 1. The average Bonchev–Trinajstić information content (AvgIpc) is 3.35. The first-order valence-corrected chi connectivity index (χ1v) is 15.4. The largest absolute Gasteiger partial charge is 0.476 e. The van der Waals surface area contributed by atoms with Gasteiger partial charge in [-0.3, -0.25) is 4.79 Å². The Hall–Kier alpha value is -4.59. The molecule has 0 aliphatic carbocycles. The Morgan fingerprint density at radius 1 is 1.00 bits per heavy atom. The van der Waals surface area contributed by atoms with Gasteiger partial charge in [0.1, 0.15) is 16.5 Å². The van der Waals surface area contributed by atoms with Crippen molar-refractivity contribution in [2.24, 2.45) is 0 Å². The number of carboxylic acid groups (broad SMARTS) is 1. The van der Waals surface area contributed by atoms with Gasteiger partial charge in [0.2, 0.25) is 15.9 Å². The van der Waals surface area contributed by atoms with E-state index in [2.05, 4.69) is 15.3 Å². The maximum atomic E-state index is 14.1. The molecule has 2 heterocycles. The summed E-state index contributed by atoms with van der Waals surface area (Å²) in [5.41, 5.74) is 1.13. The number of halogens is 1. The summed E-state index contributed by atoms with van der Waals surface area (Å²) < 4.78 is 50.8. The standard InChI is InChI=1S/C31H32FN5O6S/c1-4-35-14-16-36(17-15-35)44(41,42)27-19-23(33-29(38)22-10-12-25(32)20(2)18-22)11-13-26(27)43-30-21(3)28(31(39)40)34-37(30)24-8-6-5-7-9-24/h5-13,18-19H,4,14-17H2,1-3H3,(H,33,38)(H,39,40). The Labute approximate surface area is 254 Å². The minimum absolute atomic E-state index is 0.0272. The summed E-state index contributed by atoms with van der Waals surface area (Å²) >= 11 is 0. The molecule has 3 aromatic carbocycles. The maximum absolute atomic E-state index is 14.1. The first-order valence-electron chi connectivity index (χ1n) is 14.0. The van der Waals surface area contributed by atoms with Crippen LogP contribution in [-0.4, -0.2) is 77.1 Å². The zero-order valence-electron chi connectivity index (χ0n) is 24.4. The van der Waals surface area contributed by atoms with Crippen LogP contribution < -0.4 is 10.1 Å². The van der Waals surface area contributed by atoms with Crippen LogP contribution in [0.3, 0.4) is 0 Å². The normalized spacial score (nSPS) is 14.4. The van der Waals surface area contributed by atoms with Crippen LogP contribution in [0.2, 0.25) is 0 Å². The number of ether oxygens (including phenoxy) is 1. The fraction of sp³-hybridized carbons (Fsp3) is 0.258. The molecule has 44 heavy (non-hydrogen) atoms. The summed E-state index contributed by atoms with van der Waals surface area (Å²) in [6.45, 7) is 7.48. The molecule has 2 N–H and O–H groups in total. The van der Waals surface area contributed by atoms with Crippen LogP contribution in [0.25, 0.3) is 5.69 Å². The Kier molecular flexibility index (Phi) is 8.81. The van der Waals surface area contributed by atoms with Crippen LogP contribution in [-0.2, 0) is 10.0 Å². The minimum atomic E-state index is -4.14. The molecule has 0 saturated carbocycles. The van der Waals surface area contributed by atoms with Gasteiger partial charge in [-0.05, 0) is 74.5 Å². The number of aromatic nitrogens is 2. The molecule has 1 aliphatic rings. The maximum Gasteiger partial charge on any atom is 0.356 e. The number of hydrogen-bond donors (Lipinski definition) is 2. The van der Waals surface area contributed by atoms with Crippen molar-refractivity contribution in [1.82, 2.24) is 19.0 Å². The van der Waals surface area contributed by atoms with Crippen molar-refractivity contribution < 1.29 is 32.2 Å². The molecule has 11 nitrogen and oxygen atoms in total. The van der Waals surface area contributed by atoms with Crippen molar-refractivity contribution in [3.8, 4) is 17.3 Å². The molecule has 1 amide bonds. The van der Waals surface area contributed by atoms with Crippen LogP contribution in [0, 0.1) is 19.7 Å². The molecular weight excluding hydrogens is 589 g/mol. The number of hydrogen-bond acceptors (Lipinski definition) is 7. The van der Waals surface area contributed by atoms with E-state index in [4.69, 9.17) is 4.74 Å². The lowest BCUT2D eigenvalue weighted by molar-refractivity contribution is 0.0689. The molecule has 13 heteroatoms. The third kappa shape index (κ3) is 6.20. The van der Waals surface area contributed by atoms with Crippen LogP contribution >= 0.6 is 0 Å². The van der Waals surface area contributed by atoms with Gasteiger partial charge >= 0.3 is 5.97 Å². The smallest absolute Gasteiger partial charge is 0.356 e. The minimum Gasteiger partial charge on any atom is -0.476 e. The molecule has 1 saturated heterocycles. The first kappa shape index (κ1) is 30.9. The highest BCUT2D eigenvalue weighted by Crippen LogP contribution is 2.37. The highest BCUT2D eigenvalue weighted by Gasteiger charge is 2.32. The molecule has 1 aliphatic heterocycles. The van der Waals surface area contributed by atoms with Gasteiger partial charge in [-0.15, -0.1) is 0 Å². The SMILES string of the molecule is CCN1CCN(S(=O)(=O)c2cc(NC(=O)c3ccc(F)c(C)c3)ccc2Oc2c(C)c(C(=O)O)nn2-c2ccccc2)CC1. The van der Waals surface area contributed by atoms with Crippen molar-refractivity contribution in [2.45, 2.75) is 25.7 Å². The fourth-order valence-electron chi connectivity index (χ4n) is 4.94.